The fraction of sp³-hybridized carbons (Fsp3) is 0.240. The van der Waals surface area contributed by atoms with Gasteiger partial charge in [0.25, 0.3) is 10.0 Å². The van der Waals surface area contributed by atoms with Crippen molar-refractivity contribution in [2.75, 3.05) is 25.1 Å². The Morgan fingerprint density at radius 3 is 2.34 bits per heavy atom. The summed E-state index contributed by atoms with van der Waals surface area (Å²) in [6.07, 6.45) is 0. The quantitative estimate of drug-likeness (QED) is 0.396. The molecule has 0 unspecified atom stereocenters. The number of rotatable bonds is 9. The Hall–Kier alpha value is -2.94. The molecule has 1 amide bonds. The first-order valence-corrected chi connectivity index (χ1v) is 12.8. The molecule has 0 aliphatic heterocycles. The first-order chi connectivity index (χ1) is 16.6. The van der Waals surface area contributed by atoms with Gasteiger partial charge >= 0.3 is 0 Å². The van der Waals surface area contributed by atoms with Gasteiger partial charge in [-0.15, -0.1) is 0 Å². The number of nitrogens with zero attached hydrogens (tertiary/aromatic N) is 1. The lowest BCUT2D eigenvalue weighted by atomic mass is 10.1. The summed E-state index contributed by atoms with van der Waals surface area (Å²) >= 11 is 12.5. The molecule has 1 atom stereocenters. The Labute approximate surface area is 215 Å². The molecule has 3 aromatic rings. The van der Waals surface area contributed by atoms with Crippen molar-refractivity contribution in [3.8, 4) is 11.5 Å². The van der Waals surface area contributed by atoms with Crippen LogP contribution in [-0.4, -0.2) is 35.1 Å². The molecule has 186 valence electrons. The van der Waals surface area contributed by atoms with Gasteiger partial charge in [-0.1, -0.05) is 47.0 Å². The van der Waals surface area contributed by atoms with E-state index >= 15 is 0 Å². The highest BCUT2D eigenvalue weighted by Crippen LogP contribution is 2.35. The van der Waals surface area contributed by atoms with Crippen molar-refractivity contribution in [1.29, 1.82) is 0 Å². The number of ether oxygens (including phenoxy) is 2. The van der Waals surface area contributed by atoms with Crippen LogP contribution in [0, 0.1) is 6.92 Å². The molecule has 0 aliphatic rings. The van der Waals surface area contributed by atoms with Gasteiger partial charge in [-0.2, -0.15) is 0 Å². The summed E-state index contributed by atoms with van der Waals surface area (Å²) < 4.78 is 38.8. The number of carbonyl (C=O) groups excluding carboxylic acids is 1. The zero-order chi connectivity index (χ0) is 25.8. The number of hydrogen-bond donors (Lipinski definition) is 1. The van der Waals surface area contributed by atoms with Crippen LogP contribution >= 0.6 is 23.2 Å². The lowest BCUT2D eigenvalue weighted by Crippen LogP contribution is -2.41. The molecule has 0 saturated heterocycles. The number of methoxy groups -OCH3 is 2. The first-order valence-electron chi connectivity index (χ1n) is 10.6. The van der Waals surface area contributed by atoms with Gasteiger partial charge < -0.3 is 14.8 Å². The van der Waals surface area contributed by atoms with E-state index < -0.39 is 28.5 Å². The first kappa shape index (κ1) is 26.7. The summed E-state index contributed by atoms with van der Waals surface area (Å²) in [5.74, 6) is 0.603. The number of sulfonamides is 1. The number of carbonyl (C=O) groups is 1. The number of hydrogen-bond acceptors (Lipinski definition) is 5. The van der Waals surface area contributed by atoms with E-state index in [1.807, 2.05) is 6.92 Å². The van der Waals surface area contributed by atoms with Gasteiger partial charge in [-0.3, -0.25) is 9.10 Å². The van der Waals surface area contributed by atoms with E-state index in [0.29, 0.717) is 17.1 Å². The highest BCUT2D eigenvalue weighted by molar-refractivity contribution is 7.92. The van der Waals surface area contributed by atoms with E-state index in [4.69, 9.17) is 32.7 Å². The average molecular weight is 537 g/mol. The van der Waals surface area contributed by atoms with E-state index in [9.17, 15) is 13.2 Å². The maximum atomic E-state index is 13.6. The van der Waals surface area contributed by atoms with Crippen molar-refractivity contribution in [3.63, 3.8) is 0 Å². The molecule has 0 heterocycles. The van der Waals surface area contributed by atoms with Crippen LogP contribution in [0.5, 0.6) is 11.5 Å². The lowest BCUT2D eigenvalue weighted by molar-refractivity contribution is -0.120. The number of benzene rings is 3. The van der Waals surface area contributed by atoms with Gasteiger partial charge in [0.05, 0.1) is 40.9 Å². The van der Waals surface area contributed by atoms with Crippen molar-refractivity contribution in [3.05, 3.63) is 81.8 Å². The normalized spacial score (nSPS) is 12.1. The minimum absolute atomic E-state index is 0.0226. The van der Waals surface area contributed by atoms with Gasteiger partial charge in [-0.05, 0) is 56.3 Å². The topological polar surface area (TPSA) is 84.9 Å². The van der Waals surface area contributed by atoms with E-state index in [1.165, 1.54) is 32.4 Å². The summed E-state index contributed by atoms with van der Waals surface area (Å²) in [6.45, 7) is 3.09. The second-order valence-corrected chi connectivity index (χ2v) is 10.4. The predicted octanol–water partition coefficient (Wildman–Crippen LogP) is 5.39. The number of amides is 1. The fourth-order valence-electron chi connectivity index (χ4n) is 3.50. The molecule has 3 rings (SSSR count). The predicted molar refractivity (Wildman–Crippen MR) is 138 cm³/mol. The Bertz CT molecular complexity index is 1310. The summed E-state index contributed by atoms with van der Waals surface area (Å²) in [5.41, 5.74) is 1.67. The lowest BCUT2D eigenvalue weighted by Gasteiger charge is -2.26. The van der Waals surface area contributed by atoms with Gasteiger partial charge in [0.2, 0.25) is 5.91 Å². The number of halogens is 2. The Balaban J connectivity index is 1.96. The van der Waals surface area contributed by atoms with Crippen LogP contribution in [0.1, 0.15) is 24.1 Å². The van der Waals surface area contributed by atoms with Crippen LogP contribution < -0.4 is 19.1 Å². The third-order valence-electron chi connectivity index (χ3n) is 5.38. The molecule has 0 bridgehead atoms. The van der Waals surface area contributed by atoms with Crippen LogP contribution in [0.2, 0.25) is 10.0 Å². The highest BCUT2D eigenvalue weighted by Gasteiger charge is 2.30. The Kier molecular flexibility index (Phi) is 8.53. The average Bonchev–Trinajstić information content (AvgIpc) is 2.84. The van der Waals surface area contributed by atoms with Crippen LogP contribution in [0.15, 0.2) is 65.6 Å². The number of anilines is 1. The van der Waals surface area contributed by atoms with Crippen molar-refractivity contribution in [1.82, 2.24) is 5.32 Å². The molecular weight excluding hydrogens is 511 g/mol. The molecule has 1 N–H and O–H groups in total. The van der Waals surface area contributed by atoms with Crippen LogP contribution in [0.3, 0.4) is 0 Å². The smallest absolute Gasteiger partial charge is 0.264 e. The van der Waals surface area contributed by atoms with Crippen molar-refractivity contribution in [2.45, 2.75) is 24.8 Å². The molecule has 0 fully saturated rings. The van der Waals surface area contributed by atoms with Crippen LogP contribution in [0.25, 0.3) is 0 Å². The van der Waals surface area contributed by atoms with E-state index in [1.54, 1.807) is 49.4 Å². The van der Waals surface area contributed by atoms with Crippen molar-refractivity contribution < 1.29 is 22.7 Å². The third-order valence-corrected chi connectivity index (χ3v) is 7.96. The van der Waals surface area contributed by atoms with Gasteiger partial charge in [-0.25, -0.2) is 8.42 Å². The standard InChI is InChI=1S/C25H26Cl2N2O5S/c1-16-8-11-19(12-9-16)35(31,32)29(22-7-5-6-21(26)25(22)27)15-24(30)28-17(2)20-14-18(33-3)10-13-23(20)34-4/h5-14,17H,15H2,1-4H3,(H,28,30)/t17-/m0/s1. The van der Waals surface area contributed by atoms with Gasteiger partial charge in [0.15, 0.2) is 0 Å². The molecule has 35 heavy (non-hydrogen) atoms. The molecule has 0 aromatic heterocycles. The van der Waals surface area contributed by atoms with Crippen molar-refractivity contribution >= 4 is 44.8 Å². The maximum Gasteiger partial charge on any atom is 0.264 e. The highest BCUT2D eigenvalue weighted by atomic mass is 35.5. The van der Waals surface area contributed by atoms with Crippen molar-refractivity contribution in [2.24, 2.45) is 0 Å². The summed E-state index contributed by atoms with van der Waals surface area (Å²) in [5, 5.41) is 3.03. The molecule has 10 heteroatoms. The van der Waals surface area contributed by atoms with Gasteiger partial charge in [0.1, 0.15) is 18.0 Å². The SMILES string of the molecule is COc1ccc(OC)c([C@H](C)NC(=O)CN(c2cccc(Cl)c2Cl)S(=O)(=O)c2ccc(C)cc2)c1. The maximum absolute atomic E-state index is 13.6. The molecule has 0 saturated carbocycles. The van der Waals surface area contributed by atoms with Gasteiger partial charge in [0, 0.05) is 5.56 Å². The zero-order valence-corrected chi connectivity index (χ0v) is 22.0. The molecule has 0 spiro atoms. The second kappa shape index (κ2) is 11.2. The Morgan fingerprint density at radius 1 is 1.03 bits per heavy atom. The fourth-order valence-corrected chi connectivity index (χ4v) is 5.38. The molecule has 7 nitrogen and oxygen atoms in total. The molecule has 3 aromatic carbocycles. The summed E-state index contributed by atoms with van der Waals surface area (Å²) in [4.78, 5) is 13.2. The van der Waals surface area contributed by atoms with E-state index in [2.05, 4.69) is 5.32 Å². The molecular formula is C25H26Cl2N2O5S. The van der Waals surface area contributed by atoms with E-state index in [0.717, 1.165) is 9.87 Å². The van der Waals surface area contributed by atoms with E-state index in [-0.39, 0.29) is 20.6 Å². The zero-order valence-electron chi connectivity index (χ0n) is 19.7. The summed E-state index contributed by atoms with van der Waals surface area (Å²) in [7, 11) is -1.08. The van der Waals surface area contributed by atoms with Crippen LogP contribution in [0.4, 0.5) is 5.69 Å². The molecule has 0 radical (unpaired) electrons. The number of aryl methyl sites for hydroxylation is 1. The third kappa shape index (κ3) is 6.01. The largest absolute Gasteiger partial charge is 0.497 e. The van der Waals surface area contributed by atoms with Crippen LogP contribution in [-0.2, 0) is 14.8 Å². The number of nitrogens with one attached hydrogen (secondary N) is 1. The monoisotopic (exact) mass is 536 g/mol. The second-order valence-electron chi connectivity index (χ2n) is 7.79. The summed E-state index contributed by atoms with van der Waals surface area (Å²) in [6, 6.07) is 15.7. The minimum Gasteiger partial charge on any atom is -0.497 e. The minimum atomic E-state index is -4.14. The Morgan fingerprint density at radius 2 is 1.71 bits per heavy atom. The molecule has 0 aliphatic carbocycles.